The third kappa shape index (κ3) is 18.6. The molecule has 0 unspecified atom stereocenters. The second kappa shape index (κ2) is 39.8. The van der Waals surface area contributed by atoms with Crippen molar-refractivity contribution in [3.05, 3.63) is 291 Å². The van der Waals surface area contributed by atoms with Crippen molar-refractivity contribution in [2.45, 2.75) is 145 Å². The summed E-state index contributed by atoms with van der Waals surface area (Å²) >= 11 is 6.30. The van der Waals surface area contributed by atoms with Crippen molar-refractivity contribution in [1.29, 1.82) is 0 Å². The zero-order valence-corrected chi connectivity index (χ0v) is 84.5. The van der Waals surface area contributed by atoms with E-state index >= 15 is 0 Å². The van der Waals surface area contributed by atoms with Gasteiger partial charge in [-0.3, -0.25) is 27.8 Å². The molecule has 5 aliphatic rings. The minimum Gasteiger partial charge on any atom is -0.496 e. The van der Waals surface area contributed by atoms with Crippen molar-refractivity contribution in [3.63, 3.8) is 0 Å². The van der Waals surface area contributed by atoms with Crippen LogP contribution in [0.4, 0.5) is 13.2 Å². The van der Waals surface area contributed by atoms with E-state index in [1.165, 1.54) is 37.5 Å². The quantitative estimate of drug-likeness (QED) is 0.0912. The average Bonchev–Trinajstić information content (AvgIpc) is 1.58. The number of aromatic nitrogens is 32. The first-order valence-corrected chi connectivity index (χ1v) is 47.4. The van der Waals surface area contributed by atoms with Crippen molar-refractivity contribution in [3.8, 4) is 149 Å². The summed E-state index contributed by atoms with van der Waals surface area (Å²) in [7, 11) is 11.7. The van der Waals surface area contributed by atoms with E-state index in [-0.39, 0.29) is 24.0 Å². The van der Waals surface area contributed by atoms with Gasteiger partial charge in [0, 0.05) is 104 Å². The van der Waals surface area contributed by atoms with Gasteiger partial charge in [0.1, 0.15) is 99.5 Å². The Balaban J connectivity index is 0.000000109. The van der Waals surface area contributed by atoms with Gasteiger partial charge in [0.15, 0.2) is 69.8 Å². The number of fused-ring (bicyclic) bond motifs is 25. The topological polar surface area (TPSA) is 420 Å². The summed E-state index contributed by atoms with van der Waals surface area (Å²) in [6, 6.07) is 35.7. The van der Waals surface area contributed by atoms with Crippen LogP contribution in [0.3, 0.4) is 0 Å². The first-order valence-electron chi connectivity index (χ1n) is 47.0. The minimum atomic E-state index is -4.48. The lowest BCUT2D eigenvalue weighted by Crippen LogP contribution is -2.12. The fourth-order valence-electron chi connectivity index (χ4n) is 18.1. The molecule has 5 aliphatic heterocycles. The number of benzene rings is 5. The van der Waals surface area contributed by atoms with Crippen molar-refractivity contribution < 1.29 is 55.1 Å². The van der Waals surface area contributed by atoms with Gasteiger partial charge in [-0.25, -0.2) is 29.9 Å². The Bertz CT molecular complexity index is 8580. The molecule has 5 aromatic carbocycles. The van der Waals surface area contributed by atoms with E-state index in [9.17, 15) is 13.2 Å². The highest BCUT2D eigenvalue weighted by Gasteiger charge is 2.38. The summed E-state index contributed by atoms with van der Waals surface area (Å²) < 4.78 is 110. The molecule has 754 valence electrons. The van der Waals surface area contributed by atoms with E-state index in [1.807, 2.05) is 136 Å². The molecule has 20 heterocycles. The van der Waals surface area contributed by atoms with Gasteiger partial charge in [-0.05, 0) is 136 Å². The summed E-state index contributed by atoms with van der Waals surface area (Å²) in [6.45, 7) is 22.4. The Morgan fingerprint density at radius 2 is 0.879 bits per heavy atom. The Labute approximate surface area is 853 Å². The van der Waals surface area contributed by atoms with Gasteiger partial charge < -0.3 is 69.3 Å². The normalized spacial score (nSPS) is 12.5. The second-order valence-electron chi connectivity index (χ2n) is 37.5. The number of imidazole rings is 5. The lowest BCUT2D eigenvalue weighted by Gasteiger charge is -2.16. The SMILES string of the molecule is COCc1nnc2n1Cc1c(-c3nc(C)no3)ncn1-c1cccc(OC)c1-2.COCc1nnc2n1Cc1c(-c3ncco3)ncn1-c1ccc(C(F)(F)F)cc1-2.COCc1nnc2n1Cc1c(-c3noc(C(C)(C)C)n3)ncn1-c1ccc(Cl)cc1-2.COCc1nnc2n1Cc1c(C#Cc3ccc(C(C)(C)C)nc3)ncn1-c1ccc(C)cc1-2.COCc1nnc2n1Cc1c(C#Cc3cccn3C)ncn1-c1ccc(C)cc1-2. The molecule has 0 amide bonds. The standard InChI is InChI=1S/C26H26N6O.C22H20N6O.C20H20ClN7O2.C18H13F3N6O2.C18H17N7O3/c1-17-6-10-21-19(12-17)25-30-29-24(15-33-5)31(25)14-22-20(28-16-32(21)22)9-7-18-8-11-23(27-13-18)26(2,3)4;1-15-6-9-19-17(11-15)22-25-24-21(13-29-3)27(22)12-20-18(23-14-28(19)20)8-7-16-5-4-10-26(16)2;1-20(2,3)19-23-17(26-30-19)16-14-8-27-15(9-29-4)24-25-18(27)12-7-11(21)5-6-13(12)28(14)10-22-16;1-28-8-14-24-25-16-11-6-10(18(19,20)21)2-3-12(11)27-9-23-15(13(27)7-26(14)16)17-22-4-5-29-17;1-10-20-18(28-23-10)16-12-7-24-14(8-26-2)21-22-17(24)15-11(25(12)9-19-16)5-4-6-13(15)27-3/h6,8,10-13,16H,14-15H2,1-5H3;4-6,9-11,14H,12-13H2,1-3H3;5-7,10H,8-9H2,1-4H3;2-6,9H,7-8H2,1H3;4-6,9H,7-8H2,1-3H3. The van der Waals surface area contributed by atoms with E-state index in [2.05, 4.69) is 219 Å². The van der Waals surface area contributed by atoms with E-state index in [0.717, 1.165) is 143 Å². The Morgan fingerprint density at radius 1 is 0.416 bits per heavy atom. The zero-order chi connectivity index (χ0) is 104. The highest BCUT2D eigenvalue weighted by molar-refractivity contribution is 6.31. The third-order valence-electron chi connectivity index (χ3n) is 25.4. The molecule has 0 bridgehead atoms. The highest BCUT2D eigenvalue weighted by atomic mass is 35.5. The third-order valence-corrected chi connectivity index (χ3v) is 25.7. The molecule has 0 radical (unpaired) electrons. The van der Waals surface area contributed by atoms with Crippen LogP contribution in [-0.4, -0.2) is 199 Å². The average molecular weight is 2030 g/mol. The van der Waals surface area contributed by atoms with Crippen LogP contribution in [0, 0.1) is 44.5 Å². The number of aryl methyl sites for hydroxylation is 4. The molecule has 0 saturated heterocycles. The number of nitrogens with zero attached hydrogens (tertiary/aromatic N) is 32. The number of rotatable bonds is 14. The summed E-state index contributed by atoms with van der Waals surface area (Å²) in [5.41, 5.74) is 20.3. The Morgan fingerprint density at radius 3 is 1.34 bits per heavy atom. The molecule has 20 aromatic rings. The van der Waals surface area contributed by atoms with Crippen LogP contribution in [-0.2, 0) is 113 Å². The zero-order valence-electron chi connectivity index (χ0n) is 83.7. The first kappa shape index (κ1) is 97.6. The number of hydrogen-bond acceptors (Lipinski definition) is 30. The van der Waals surface area contributed by atoms with Gasteiger partial charge >= 0.3 is 6.18 Å². The first-order chi connectivity index (χ1) is 72.0. The summed E-state index contributed by atoms with van der Waals surface area (Å²) in [5, 5.41) is 52.1. The maximum absolute atomic E-state index is 13.3. The lowest BCUT2D eigenvalue weighted by atomic mass is 9.91. The smallest absolute Gasteiger partial charge is 0.416 e. The van der Waals surface area contributed by atoms with Crippen LogP contribution in [0.5, 0.6) is 5.75 Å². The number of oxazole rings is 1. The maximum Gasteiger partial charge on any atom is 0.416 e. The number of pyridine rings is 1. The fraction of sp³-hybridized carbons (Fsp3) is 0.279. The number of methoxy groups -OCH3 is 6. The molecule has 0 N–H and O–H groups in total. The van der Waals surface area contributed by atoms with Crippen LogP contribution in [0.25, 0.3) is 120 Å². The van der Waals surface area contributed by atoms with Gasteiger partial charge in [0.05, 0.1) is 120 Å². The molecular weight excluding hydrogens is 1930 g/mol. The molecule has 149 heavy (non-hydrogen) atoms. The number of alkyl halides is 3. The lowest BCUT2D eigenvalue weighted by molar-refractivity contribution is -0.137. The largest absolute Gasteiger partial charge is 0.496 e. The predicted molar refractivity (Wildman–Crippen MR) is 534 cm³/mol. The van der Waals surface area contributed by atoms with E-state index in [0.29, 0.717) is 156 Å². The van der Waals surface area contributed by atoms with E-state index in [4.69, 9.17) is 53.5 Å². The molecule has 0 aliphatic carbocycles. The fourth-order valence-corrected chi connectivity index (χ4v) is 18.3. The minimum absolute atomic E-state index is 0.00928. The molecule has 41 nitrogen and oxygen atoms in total. The number of halogens is 4. The molecule has 15 aromatic heterocycles. The summed E-state index contributed by atoms with van der Waals surface area (Å²) in [5.74, 6) is 22.8. The van der Waals surface area contributed by atoms with Crippen LogP contribution in [0.15, 0.2) is 185 Å². The van der Waals surface area contributed by atoms with Crippen molar-refractivity contribution >= 4 is 11.6 Å². The number of hydrogen-bond donors (Lipinski definition) is 0. The van der Waals surface area contributed by atoms with E-state index in [1.54, 1.807) is 64.3 Å². The van der Waals surface area contributed by atoms with E-state index < -0.39 is 11.7 Å². The van der Waals surface area contributed by atoms with Crippen LogP contribution >= 0.6 is 11.6 Å². The van der Waals surface area contributed by atoms with Crippen molar-refractivity contribution in [2.24, 2.45) is 7.05 Å². The van der Waals surface area contributed by atoms with Gasteiger partial charge in [-0.15, -0.1) is 51.0 Å². The summed E-state index contributed by atoms with van der Waals surface area (Å²) in [6.07, 6.45) is 11.0. The Hall–Kier alpha value is -17.4. The van der Waals surface area contributed by atoms with Gasteiger partial charge in [-0.1, -0.05) is 98.7 Å². The predicted octanol–water partition coefficient (Wildman–Crippen LogP) is 15.7. The Kier molecular flexibility index (Phi) is 26.1. The molecule has 25 rings (SSSR count). The molecule has 0 atom stereocenters. The maximum atomic E-state index is 13.3. The molecule has 0 saturated carbocycles. The molecule has 0 spiro atoms. The van der Waals surface area contributed by atoms with Crippen LogP contribution in [0.1, 0.15) is 156 Å². The van der Waals surface area contributed by atoms with Crippen molar-refractivity contribution in [2.75, 3.05) is 42.7 Å². The molecule has 0 fully saturated rings. The van der Waals surface area contributed by atoms with Gasteiger partial charge in [0.25, 0.3) is 5.89 Å². The summed E-state index contributed by atoms with van der Waals surface area (Å²) in [4.78, 5) is 40.5. The molecule has 45 heteroatoms. The van der Waals surface area contributed by atoms with Crippen molar-refractivity contribution in [1.82, 2.24) is 156 Å². The monoisotopic (exact) mass is 2030 g/mol. The number of ether oxygens (including phenoxy) is 6. The highest BCUT2D eigenvalue weighted by Crippen LogP contribution is 2.45. The second-order valence-corrected chi connectivity index (χ2v) is 37.9. The van der Waals surface area contributed by atoms with Gasteiger partial charge in [-0.2, -0.15) is 23.1 Å². The van der Waals surface area contributed by atoms with Crippen LogP contribution in [0.2, 0.25) is 5.02 Å². The van der Waals surface area contributed by atoms with Crippen LogP contribution < -0.4 is 4.74 Å². The van der Waals surface area contributed by atoms with Gasteiger partial charge in [0.2, 0.25) is 17.6 Å². The molecular formula is C104H96ClF3N32O9.